The summed E-state index contributed by atoms with van der Waals surface area (Å²) >= 11 is 1.20. The fourth-order valence-corrected chi connectivity index (χ4v) is 2.59. The first-order valence-electron chi connectivity index (χ1n) is 5.27. The van der Waals surface area contributed by atoms with Crippen molar-refractivity contribution in [3.63, 3.8) is 0 Å². The van der Waals surface area contributed by atoms with Crippen LogP contribution in [-0.2, 0) is 7.05 Å². The molecule has 1 aliphatic carbocycles. The van der Waals surface area contributed by atoms with Crippen LogP contribution in [-0.4, -0.2) is 29.4 Å². The van der Waals surface area contributed by atoms with Crippen LogP contribution in [0, 0.1) is 0 Å². The standard InChI is InChI=1S/C12H12N2O3S/c1-13-9-10(16)7-5-14(2)8(15)4-6(7)11(17)12(9)18-3/h4-5,13H,1-3H3. The predicted molar refractivity (Wildman–Crippen MR) is 69.9 cm³/mol. The molecule has 0 spiro atoms. The second-order valence-electron chi connectivity index (χ2n) is 3.87. The Kier molecular flexibility index (Phi) is 3.13. The number of hydrogen-bond acceptors (Lipinski definition) is 5. The third-order valence-corrected chi connectivity index (χ3v) is 3.63. The Bertz CT molecular complexity index is 643. The number of pyridine rings is 1. The average molecular weight is 264 g/mol. The van der Waals surface area contributed by atoms with Crippen molar-refractivity contribution in [3.05, 3.63) is 44.3 Å². The number of fused-ring (bicyclic) bond motifs is 1. The Labute approximate surface area is 108 Å². The van der Waals surface area contributed by atoms with Gasteiger partial charge in [-0.1, -0.05) is 0 Å². The van der Waals surface area contributed by atoms with E-state index in [2.05, 4.69) is 5.32 Å². The van der Waals surface area contributed by atoms with Crippen molar-refractivity contribution in [1.82, 2.24) is 9.88 Å². The lowest BCUT2D eigenvalue weighted by Gasteiger charge is -2.19. The quantitative estimate of drug-likeness (QED) is 0.845. The van der Waals surface area contributed by atoms with Crippen molar-refractivity contribution in [2.45, 2.75) is 0 Å². The summed E-state index contributed by atoms with van der Waals surface area (Å²) in [5.74, 6) is -0.536. The maximum absolute atomic E-state index is 12.2. The number of ketones is 2. The van der Waals surface area contributed by atoms with Gasteiger partial charge in [-0.2, -0.15) is 0 Å². The number of allylic oxidation sites excluding steroid dienone is 2. The summed E-state index contributed by atoms with van der Waals surface area (Å²) in [6, 6.07) is 1.22. The summed E-state index contributed by atoms with van der Waals surface area (Å²) in [5, 5.41) is 2.76. The van der Waals surface area contributed by atoms with Gasteiger partial charge in [-0.15, -0.1) is 11.8 Å². The summed E-state index contributed by atoms with van der Waals surface area (Å²) in [5.41, 5.74) is 0.442. The van der Waals surface area contributed by atoms with Gasteiger partial charge >= 0.3 is 0 Å². The molecule has 0 fully saturated rings. The highest BCUT2D eigenvalue weighted by molar-refractivity contribution is 8.03. The number of carbonyl (C=O) groups is 2. The van der Waals surface area contributed by atoms with E-state index < -0.39 is 0 Å². The van der Waals surface area contributed by atoms with Crippen LogP contribution in [0.3, 0.4) is 0 Å². The van der Waals surface area contributed by atoms with E-state index in [-0.39, 0.29) is 28.3 Å². The maximum Gasteiger partial charge on any atom is 0.251 e. The monoisotopic (exact) mass is 264 g/mol. The molecule has 2 rings (SSSR count). The second-order valence-corrected chi connectivity index (χ2v) is 4.68. The van der Waals surface area contributed by atoms with Crippen molar-refractivity contribution in [2.24, 2.45) is 7.05 Å². The van der Waals surface area contributed by atoms with Crippen molar-refractivity contribution in [1.29, 1.82) is 0 Å². The van der Waals surface area contributed by atoms with E-state index in [1.165, 1.54) is 28.6 Å². The molecule has 18 heavy (non-hydrogen) atoms. The van der Waals surface area contributed by atoms with Crippen molar-refractivity contribution in [2.75, 3.05) is 13.3 Å². The third kappa shape index (κ3) is 1.69. The molecule has 0 bridgehead atoms. The predicted octanol–water partition coefficient (Wildman–Crippen LogP) is 0.558. The first-order valence-corrected chi connectivity index (χ1v) is 6.49. The van der Waals surface area contributed by atoms with Crippen LogP contribution in [0.15, 0.2) is 27.7 Å². The lowest BCUT2D eigenvalue weighted by Crippen LogP contribution is -2.31. The topological polar surface area (TPSA) is 68.2 Å². The first kappa shape index (κ1) is 12.6. The number of carbonyl (C=O) groups excluding carboxylic acids is 2. The summed E-state index contributed by atoms with van der Waals surface area (Å²) < 4.78 is 1.29. The minimum Gasteiger partial charge on any atom is -0.384 e. The molecule has 0 unspecified atom stereocenters. The van der Waals surface area contributed by atoms with Gasteiger partial charge < -0.3 is 9.88 Å². The van der Waals surface area contributed by atoms with Crippen molar-refractivity contribution in [3.8, 4) is 0 Å². The zero-order valence-electron chi connectivity index (χ0n) is 10.2. The summed E-state index contributed by atoms with van der Waals surface area (Å²) in [6.45, 7) is 0. The summed E-state index contributed by atoms with van der Waals surface area (Å²) in [6.07, 6.45) is 3.14. The van der Waals surface area contributed by atoms with Gasteiger partial charge in [-0.05, 0) is 6.26 Å². The number of Topliss-reactive ketones (excluding diaryl/α,β-unsaturated/α-hetero) is 2. The molecule has 1 N–H and O–H groups in total. The summed E-state index contributed by atoms with van der Waals surface area (Å²) in [4.78, 5) is 36.3. The number of likely N-dealkylation sites (N-methyl/N-ethyl adjacent to an activating group) is 1. The van der Waals surface area contributed by atoms with Gasteiger partial charge in [0.1, 0.15) is 5.70 Å². The Morgan fingerprint density at radius 3 is 2.39 bits per heavy atom. The smallest absolute Gasteiger partial charge is 0.251 e. The van der Waals surface area contributed by atoms with Gasteiger partial charge in [0.15, 0.2) is 0 Å². The van der Waals surface area contributed by atoms with Crippen LogP contribution >= 0.6 is 11.8 Å². The van der Waals surface area contributed by atoms with E-state index in [0.717, 1.165) is 0 Å². The molecule has 1 aliphatic rings. The highest BCUT2D eigenvalue weighted by atomic mass is 32.2. The lowest BCUT2D eigenvalue weighted by atomic mass is 9.94. The van der Waals surface area contributed by atoms with Gasteiger partial charge in [-0.3, -0.25) is 14.4 Å². The van der Waals surface area contributed by atoms with Crippen LogP contribution in [0.2, 0.25) is 0 Å². The van der Waals surface area contributed by atoms with Gasteiger partial charge in [-0.25, -0.2) is 0 Å². The molecule has 0 saturated carbocycles. The summed E-state index contributed by atoms with van der Waals surface area (Å²) in [7, 11) is 3.15. The highest BCUT2D eigenvalue weighted by Gasteiger charge is 2.32. The number of aryl methyl sites for hydroxylation is 1. The molecule has 1 aromatic heterocycles. The third-order valence-electron chi connectivity index (χ3n) is 2.83. The molecule has 0 atom stereocenters. The molecule has 5 nitrogen and oxygen atoms in total. The molecule has 6 heteroatoms. The number of thioether (sulfide) groups is 1. The molecule has 0 saturated heterocycles. The van der Waals surface area contributed by atoms with E-state index in [0.29, 0.717) is 10.6 Å². The average Bonchev–Trinajstić information content (AvgIpc) is 2.35. The van der Waals surface area contributed by atoms with Crippen LogP contribution in [0.1, 0.15) is 20.7 Å². The molecule has 0 aliphatic heterocycles. The van der Waals surface area contributed by atoms with Gasteiger partial charge in [0.05, 0.1) is 10.5 Å². The van der Waals surface area contributed by atoms with Crippen molar-refractivity contribution < 1.29 is 9.59 Å². The Morgan fingerprint density at radius 2 is 1.83 bits per heavy atom. The van der Waals surface area contributed by atoms with Gasteiger partial charge in [0.2, 0.25) is 11.6 Å². The van der Waals surface area contributed by atoms with Gasteiger partial charge in [0, 0.05) is 31.9 Å². The minimum atomic E-state index is -0.303. The molecule has 0 radical (unpaired) electrons. The first-order chi connectivity index (χ1) is 8.51. The minimum absolute atomic E-state index is 0.187. The second kappa shape index (κ2) is 4.45. The van der Waals surface area contributed by atoms with Crippen LogP contribution in [0.4, 0.5) is 0 Å². The normalized spacial score (nSPS) is 14.8. The molecule has 1 heterocycles. The molecular weight excluding hydrogens is 252 g/mol. The Morgan fingerprint density at radius 1 is 1.17 bits per heavy atom. The zero-order chi connectivity index (χ0) is 13.4. The maximum atomic E-state index is 12.2. The lowest BCUT2D eigenvalue weighted by molar-refractivity contribution is 0.0975. The Balaban J connectivity index is 2.76. The largest absolute Gasteiger partial charge is 0.384 e. The fraction of sp³-hybridized carbons (Fsp3) is 0.250. The van der Waals surface area contributed by atoms with E-state index in [1.54, 1.807) is 20.4 Å². The van der Waals surface area contributed by atoms with E-state index in [9.17, 15) is 14.4 Å². The van der Waals surface area contributed by atoms with Crippen LogP contribution in [0.5, 0.6) is 0 Å². The Hall–Kier alpha value is -1.82. The SMILES string of the molecule is CNC1=C(SC)C(=O)c2cc(=O)n(C)cc2C1=O. The van der Waals surface area contributed by atoms with Gasteiger partial charge in [0.25, 0.3) is 5.56 Å². The number of hydrogen-bond donors (Lipinski definition) is 1. The van der Waals surface area contributed by atoms with Crippen LogP contribution in [0.25, 0.3) is 0 Å². The van der Waals surface area contributed by atoms with Crippen LogP contribution < -0.4 is 10.9 Å². The van der Waals surface area contributed by atoms with Crippen molar-refractivity contribution >= 4 is 23.3 Å². The highest BCUT2D eigenvalue weighted by Crippen LogP contribution is 2.29. The number of rotatable bonds is 2. The van der Waals surface area contributed by atoms with E-state index >= 15 is 0 Å². The van der Waals surface area contributed by atoms with E-state index in [1.807, 2.05) is 0 Å². The molecule has 94 valence electrons. The molecule has 0 amide bonds. The molecule has 1 aromatic rings. The van der Waals surface area contributed by atoms with E-state index in [4.69, 9.17) is 0 Å². The zero-order valence-corrected chi connectivity index (χ0v) is 11.1. The molecular formula is C12H12N2O3S. The number of aromatic nitrogens is 1. The fourth-order valence-electron chi connectivity index (χ4n) is 1.89. The number of nitrogens with zero attached hydrogens (tertiary/aromatic N) is 1. The molecule has 0 aromatic carbocycles. The number of nitrogens with one attached hydrogen (secondary N) is 1.